The van der Waals surface area contributed by atoms with E-state index in [2.05, 4.69) is 0 Å². The highest BCUT2D eigenvalue weighted by atomic mass is 32.2. The van der Waals surface area contributed by atoms with Crippen molar-refractivity contribution in [3.8, 4) is 5.75 Å². The average Bonchev–Trinajstić information content (AvgIpc) is 2.41. The Morgan fingerprint density at radius 1 is 1.05 bits per heavy atom. The predicted octanol–water partition coefficient (Wildman–Crippen LogP) is 2.42. The van der Waals surface area contributed by atoms with Gasteiger partial charge in [0, 0.05) is 0 Å². The van der Waals surface area contributed by atoms with Crippen LogP contribution in [0.4, 0.5) is 0 Å². The molecule has 4 nitrogen and oxygen atoms in total. The molecule has 0 aliphatic rings. The minimum atomic E-state index is -1.57. The molecule has 0 fully saturated rings. The number of benzene rings is 2. The lowest BCUT2D eigenvalue weighted by molar-refractivity contribution is -0.136. The molecule has 0 amide bonds. The Kier molecular flexibility index (Phi) is 4.30. The summed E-state index contributed by atoms with van der Waals surface area (Å²) in [6.45, 7) is 0. The summed E-state index contributed by atoms with van der Waals surface area (Å²) in [6.07, 6.45) is -0.0396. The minimum absolute atomic E-state index is 0.0396. The largest absolute Gasteiger partial charge is 0.481 e. The number of rotatable bonds is 5. The van der Waals surface area contributed by atoms with E-state index in [1.807, 2.05) is 6.07 Å². The van der Waals surface area contributed by atoms with Crippen LogP contribution in [-0.4, -0.2) is 15.3 Å². The van der Waals surface area contributed by atoms with Gasteiger partial charge in [-0.2, -0.15) is 0 Å². The van der Waals surface area contributed by atoms with Crippen molar-refractivity contribution in [2.45, 2.75) is 11.3 Å². The molecule has 1 N–H and O–H groups in total. The summed E-state index contributed by atoms with van der Waals surface area (Å²) >= 11 is -1.57. The van der Waals surface area contributed by atoms with E-state index in [9.17, 15) is 9.00 Å². The maximum absolute atomic E-state index is 11.9. The van der Waals surface area contributed by atoms with Gasteiger partial charge in [-0.15, -0.1) is 0 Å². The standard InChI is InChI=1S/C14H12O4S/c15-14(16)10-11-6-8-12(9-7-11)18-19(17)13-4-2-1-3-5-13/h1-9H,10H2,(H,15,16). The fourth-order valence-electron chi connectivity index (χ4n) is 1.50. The SMILES string of the molecule is O=C(O)Cc1ccc(OS(=O)c2ccccc2)cc1. The average molecular weight is 276 g/mol. The molecule has 0 saturated heterocycles. The van der Waals surface area contributed by atoms with Gasteiger partial charge in [0.05, 0.1) is 11.3 Å². The van der Waals surface area contributed by atoms with E-state index in [4.69, 9.17) is 9.29 Å². The van der Waals surface area contributed by atoms with Gasteiger partial charge < -0.3 is 9.29 Å². The Hall–Kier alpha value is -2.14. The van der Waals surface area contributed by atoms with Crippen molar-refractivity contribution < 1.29 is 18.3 Å². The molecule has 98 valence electrons. The number of carbonyl (C=O) groups is 1. The van der Waals surface area contributed by atoms with E-state index in [0.29, 0.717) is 16.2 Å². The highest BCUT2D eigenvalue weighted by Crippen LogP contribution is 2.16. The molecule has 5 heteroatoms. The summed E-state index contributed by atoms with van der Waals surface area (Å²) in [6, 6.07) is 15.3. The summed E-state index contributed by atoms with van der Waals surface area (Å²) in [7, 11) is 0. The highest BCUT2D eigenvalue weighted by molar-refractivity contribution is 7.80. The third kappa shape index (κ3) is 3.93. The maximum Gasteiger partial charge on any atom is 0.307 e. The molecule has 0 aromatic heterocycles. The first-order valence-electron chi connectivity index (χ1n) is 5.61. The second kappa shape index (κ2) is 6.15. The molecule has 1 atom stereocenters. The van der Waals surface area contributed by atoms with Crippen molar-refractivity contribution >= 4 is 17.0 Å². The smallest absolute Gasteiger partial charge is 0.307 e. The number of carboxylic acid groups (broad SMARTS) is 1. The van der Waals surface area contributed by atoms with Gasteiger partial charge in [-0.05, 0) is 29.8 Å². The monoisotopic (exact) mass is 276 g/mol. The van der Waals surface area contributed by atoms with Gasteiger partial charge in [0.1, 0.15) is 5.75 Å². The second-order valence-corrected chi connectivity index (χ2v) is 4.95. The van der Waals surface area contributed by atoms with E-state index in [1.54, 1.807) is 48.5 Å². The van der Waals surface area contributed by atoms with Crippen molar-refractivity contribution in [1.82, 2.24) is 0 Å². The van der Waals surface area contributed by atoms with Gasteiger partial charge in [-0.3, -0.25) is 4.79 Å². The van der Waals surface area contributed by atoms with Crippen molar-refractivity contribution in [1.29, 1.82) is 0 Å². The maximum atomic E-state index is 11.9. The van der Waals surface area contributed by atoms with Gasteiger partial charge in [0.15, 0.2) is 0 Å². The molecule has 19 heavy (non-hydrogen) atoms. The van der Waals surface area contributed by atoms with Crippen molar-refractivity contribution in [2.24, 2.45) is 0 Å². The van der Waals surface area contributed by atoms with Crippen molar-refractivity contribution in [2.75, 3.05) is 0 Å². The molecule has 2 rings (SSSR count). The summed E-state index contributed by atoms with van der Waals surface area (Å²) < 4.78 is 17.2. The molecule has 0 aliphatic heterocycles. The highest BCUT2D eigenvalue weighted by Gasteiger charge is 2.06. The summed E-state index contributed by atoms with van der Waals surface area (Å²) in [5.74, 6) is -0.446. The number of hydrogen-bond donors (Lipinski definition) is 1. The third-order valence-corrected chi connectivity index (χ3v) is 3.39. The topological polar surface area (TPSA) is 63.6 Å². The van der Waals surface area contributed by atoms with Crippen LogP contribution in [0.5, 0.6) is 5.75 Å². The molecule has 0 heterocycles. The van der Waals surface area contributed by atoms with Crippen LogP contribution >= 0.6 is 0 Å². The lowest BCUT2D eigenvalue weighted by Gasteiger charge is -2.05. The van der Waals surface area contributed by atoms with E-state index in [-0.39, 0.29) is 6.42 Å². The van der Waals surface area contributed by atoms with Crippen LogP contribution in [0.3, 0.4) is 0 Å². The summed E-state index contributed by atoms with van der Waals surface area (Å²) in [5, 5.41) is 8.65. The van der Waals surface area contributed by atoms with Crippen LogP contribution in [0.25, 0.3) is 0 Å². The van der Waals surface area contributed by atoms with Crippen LogP contribution < -0.4 is 4.18 Å². The van der Waals surface area contributed by atoms with Crippen LogP contribution in [0, 0.1) is 0 Å². The fraction of sp³-hybridized carbons (Fsp3) is 0.0714. The molecule has 0 spiro atoms. The molecule has 0 radical (unpaired) electrons. The Morgan fingerprint density at radius 2 is 1.68 bits per heavy atom. The first kappa shape index (κ1) is 13.3. The normalized spacial score (nSPS) is 11.8. The van der Waals surface area contributed by atoms with Gasteiger partial charge in [-0.1, -0.05) is 30.3 Å². The Bertz CT molecular complexity index is 578. The third-order valence-electron chi connectivity index (χ3n) is 2.39. The van der Waals surface area contributed by atoms with Crippen LogP contribution in [0.1, 0.15) is 5.56 Å². The molecule has 0 aliphatic carbocycles. The van der Waals surface area contributed by atoms with E-state index < -0.39 is 17.0 Å². The van der Waals surface area contributed by atoms with Gasteiger partial charge in [0.2, 0.25) is 11.1 Å². The molecule has 2 aromatic rings. The molecule has 2 aromatic carbocycles. The lowest BCUT2D eigenvalue weighted by atomic mass is 10.1. The zero-order valence-corrected chi connectivity index (χ0v) is 10.8. The molecular weight excluding hydrogens is 264 g/mol. The summed E-state index contributed by atoms with van der Waals surface area (Å²) in [5.41, 5.74) is 0.672. The molecule has 0 bridgehead atoms. The number of hydrogen-bond acceptors (Lipinski definition) is 3. The number of carboxylic acids is 1. The van der Waals surface area contributed by atoms with Gasteiger partial charge in [0.25, 0.3) is 0 Å². The van der Waals surface area contributed by atoms with Crippen molar-refractivity contribution in [3.05, 3.63) is 60.2 Å². The van der Waals surface area contributed by atoms with E-state index >= 15 is 0 Å². The van der Waals surface area contributed by atoms with E-state index in [1.165, 1.54) is 0 Å². The Labute approximate surface area is 113 Å². The Balaban J connectivity index is 2.04. The Morgan fingerprint density at radius 3 is 2.26 bits per heavy atom. The zero-order valence-electron chi connectivity index (χ0n) is 9.98. The first-order valence-corrected chi connectivity index (χ1v) is 6.68. The van der Waals surface area contributed by atoms with E-state index in [0.717, 1.165) is 0 Å². The zero-order chi connectivity index (χ0) is 13.7. The molecule has 1 unspecified atom stereocenters. The molecule has 0 saturated carbocycles. The fourth-order valence-corrected chi connectivity index (χ4v) is 2.27. The van der Waals surface area contributed by atoms with Gasteiger partial charge in [-0.25, -0.2) is 4.21 Å². The van der Waals surface area contributed by atoms with Crippen LogP contribution in [0.2, 0.25) is 0 Å². The van der Waals surface area contributed by atoms with Crippen LogP contribution in [0.15, 0.2) is 59.5 Å². The molecular formula is C14H12O4S. The predicted molar refractivity (Wildman–Crippen MR) is 71.3 cm³/mol. The quantitative estimate of drug-likeness (QED) is 0.911. The first-order chi connectivity index (χ1) is 9.15. The number of aliphatic carboxylic acids is 1. The minimum Gasteiger partial charge on any atom is -0.481 e. The summed E-state index contributed by atoms with van der Waals surface area (Å²) in [4.78, 5) is 11.1. The van der Waals surface area contributed by atoms with Crippen molar-refractivity contribution in [3.63, 3.8) is 0 Å². The van der Waals surface area contributed by atoms with Gasteiger partial charge >= 0.3 is 5.97 Å². The second-order valence-electron chi connectivity index (χ2n) is 3.85. The lowest BCUT2D eigenvalue weighted by Crippen LogP contribution is -2.02. The van der Waals surface area contributed by atoms with Crippen LogP contribution in [-0.2, 0) is 22.3 Å².